The third-order valence-corrected chi connectivity index (χ3v) is 2.58. The maximum Gasteiger partial charge on any atom is 0.213 e. The largest absolute Gasteiger partial charge is 0.481 e. The lowest BCUT2D eigenvalue weighted by molar-refractivity contribution is 0.398. The van der Waals surface area contributed by atoms with Gasteiger partial charge in [0.05, 0.1) is 19.0 Å². The normalized spacial score (nSPS) is 10.0. The molecule has 0 spiro atoms. The SMILES string of the molecule is COc1ccc(NCc2cnccc2C)cn1. The van der Waals surface area contributed by atoms with E-state index in [1.165, 1.54) is 11.1 Å². The first-order valence-corrected chi connectivity index (χ1v) is 5.43. The van der Waals surface area contributed by atoms with Crippen molar-refractivity contribution in [3.05, 3.63) is 47.9 Å². The maximum atomic E-state index is 5.00. The Kier molecular flexibility index (Phi) is 3.55. The predicted molar refractivity (Wildman–Crippen MR) is 67.1 cm³/mol. The Bertz CT molecular complexity index is 482. The van der Waals surface area contributed by atoms with Crippen molar-refractivity contribution in [2.45, 2.75) is 13.5 Å². The molecule has 0 bridgehead atoms. The van der Waals surface area contributed by atoms with Crippen molar-refractivity contribution in [3.8, 4) is 5.88 Å². The van der Waals surface area contributed by atoms with Crippen LogP contribution in [0.2, 0.25) is 0 Å². The van der Waals surface area contributed by atoms with E-state index in [0.717, 1.165) is 12.2 Å². The van der Waals surface area contributed by atoms with Crippen molar-refractivity contribution in [2.75, 3.05) is 12.4 Å². The zero-order valence-corrected chi connectivity index (χ0v) is 9.97. The Hall–Kier alpha value is -2.10. The zero-order chi connectivity index (χ0) is 12.1. The molecule has 0 aromatic carbocycles. The number of anilines is 1. The van der Waals surface area contributed by atoms with Crippen LogP contribution in [0.4, 0.5) is 5.69 Å². The number of rotatable bonds is 4. The fourth-order valence-corrected chi connectivity index (χ4v) is 1.48. The molecule has 0 radical (unpaired) electrons. The number of nitrogens with one attached hydrogen (secondary N) is 1. The van der Waals surface area contributed by atoms with Crippen LogP contribution in [-0.4, -0.2) is 17.1 Å². The van der Waals surface area contributed by atoms with E-state index in [9.17, 15) is 0 Å². The summed E-state index contributed by atoms with van der Waals surface area (Å²) in [6, 6.07) is 5.78. The van der Waals surface area contributed by atoms with Crippen LogP contribution in [0.3, 0.4) is 0 Å². The molecule has 0 amide bonds. The number of methoxy groups -OCH3 is 1. The molecule has 4 heteroatoms. The average molecular weight is 229 g/mol. The minimum absolute atomic E-state index is 0.619. The van der Waals surface area contributed by atoms with E-state index in [-0.39, 0.29) is 0 Å². The van der Waals surface area contributed by atoms with E-state index < -0.39 is 0 Å². The van der Waals surface area contributed by atoms with Gasteiger partial charge in [0.2, 0.25) is 5.88 Å². The van der Waals surface area contributed by atoms with E-state index >= 15 is 0 Å². The monoisotopic (exact) mass is 229 g/mol. The molecule has 0 aliphatic carbocycles. The zero-order valence-electron chi connectivity index (χ0n) is 9.97. The van der Waals surface area contributed by atoms with Gasteiger partial charge >= 0.3 is 0 Å². The topological polar surface area (TPSA) is 47.0 Å². The van der Waals surface area contributed by atoms with Crippen LogP contribution < -0.4 is 10.1 Å². The molecule has 2 heterocycles. The van der Waals surface area contributed by atoms with E-state index in [0.29, 0.717) is 5.88 Å². The predicted octanol–water partition coefficient (Wildman–Crippen LogP) is 2.41. The van der Waals surface area contributed by atoms with Gasteiger partial charge in [0.1, 0.15) is 0 Å². The van der Waals surface area contributed by atoms with Gasteiger partial charge in [0, 0.05) is 25.0 Å². The molecule has 2 rings (SSSR count). The Morgan fingerprint density at radius 2 is 2.12 bits per heavy atom. The summed E-state index contributed by atoms with van der Waals surface area (Å²) in [7, 11) is 1.61. The molecular formula is C13H15N3O. The second kappa shape index (κ2) is 5.30. The molecule has 88 valence electrons. The summed E-state index contributed by atoms with van der Waals surface area (Å²) in [4.78, 5) is 8.24. The summed E-state index contributed by atoms with van der Waals surface area (Å²) in [5.74, 6) is 0.619. The molecule has 2 aromatic heterocycles. The molecule has 2 aromatic rings. The van der Waals surface area contributed by atoms with Gasteiger partial charge in [-0.25, -0.2) is 4.98 Å². The van der Waals surface area contributed by atoms with Crippen LogP contribution in [0.1, 0.15) is 11.1 Å². The standard InChI is InChI=1S/C13H15N3O/c1-10-5-6-14-7-11(10)8-15-12-3-4-13(17-2)16-9-12/h3-7,9,15H,8H2,1-2H3. The van der Waals surface area contributed by atoms with Gasteiger partial charge in [0.15, 0.2) is 0 Å². The van der Waals surface area contributed by atoms with Gasteiger partial charge in [-0.15, -0.1) is 0 Å². The molecule has 0 fully saturated rings. The Balaban J connectivity index is 2.00. The molecule has 17 heavy (non-hydrogen) atoms. The lowest BCUT2D eigenvalue weighted by Gasteiger charge is -2.08. The third-order valence-electron chi connectivity index (χ3n) is 2.58. The van der Waals surface area contributed by atoms with E-state index in [4.69, 9.17) is 4.74 Å². The first-order chi connectivity index (χ1) is 8.29. The summed E-state index contributed by atoms with van der Waals surface area (Å²) in [6.45, 7) is 2.82. The van der Waals surface area contributed by atoms with Crippen LogP contribution in [0.5, 0.6) is 5.88 Å². The van der Waals surface area contributed by atoms with Crippen LogP contribution in [0.25, 0.3) is 0 Å². The highest BCUT2D eigenvalue weighted by Gasteiger charge is 1.98. The summed E-state index contributed by atoms with van der Waals surface area (Å²) >= 11 is 0. The van der Waals surface area contributed by atoms with Gasteiger partial charge < -0.3 is 10.1 Å². The van der Waals surface area contributed by atoms with E-state index in [2.05, 4.69) is 22.2 Å². The molecule has 0 atom stereocenters. The molecule has 4 nitrogen and oxygen atoms in total. The number of pyridine rings is 2. The summed E-state index contributed by atoms with van der Waals surface area (Å²) < 4.78 is 5.00. The minimum Gasteiger partial charge on any atom is -0.481 e. The lowest BCUT2D eigenvalue weighted by atomic mass is 10.1. The smallest absolute Gasteiger partial charge is 0.213 e. The third kappa shape index (κ3) is 2.93. The number of ether oxygens (including phenoxy) is 1. The second-order valence-corrected chi connectivity index (χ2v) is 3.74. The first-order valence-electron chi connectivity index (χ1n) is 5.43. The van der Waals surface area contributed by atoms with E-state index in [1.54, 1.807) is 19.5 Å². The fraction of sp³-hybridized carbons (Fsp3) is 0.231. The fourth-order valence-electron chi connectivity index (χ4n) is 1.48. The van der Waals surface area contributed by atoms with Crippen molar-refractivity contribution in [1.29, 1.82) is 0 Å². The molecule has 0 saturated heterocycles. The maximum absolute atomic E-state index is 5.00. The van der Waals surface area contributed by atoms with Crippen LogP contribution in [0, 0.1) is 6.92 Å². The number of hydrogen-bond acceptors (Lipinski definition) is 4. The van der Waals surface area contributed by atoms with Crippen molar-refractivity contribution in [1.82, 2.24) is 9.97 Å². The van der Waals surface area contributed by atoms with Crippen LogP contribution in [-0.2, 0) is 6.54 Å². The highest BCUT2D eigenvalue weighted by Crippen LogP contribution is 2.13. The Morgan fingerprint density at radius 3 is 2.76 bits per heavy atom. The van der Waals surface area contributed by atoms with Gasteiger partial charge in [-0.3, -0.25) is 4.98 Å². The highest BCUT2D eigenvalue weighted by atomic mass is 16.5. The van der Waals surface area contributed by atoms with Gasteiger partial charge in [-0.1, -0.05) is 0 Å². The van der Waals surface area contributed by atoms with Gasteiger partial charge in [0.25, 0.3) is 0 Å². The molecule has 1 N–H and O–H groups in total. The molecule has 0 aliphatic heterocycles. The van der Waals surface area contributed by atoms with Gasteiger partial charge in [-0.05, 0) is 30.2 Å². The molecule has 0 saturated carbocycles. The summed E-state index contributed by atoms with van der Waals surface area (Å²) in [5.41, 5.74) is 3.38. The van der Waals surface area contributed by atoms with Crippen molar-refractivity contribution < 1.29 is 4.74 Å². The number of aromatic nitrogens is 2. The minimum atomic E-state index is 0.619. The molecule has 0 unspecified atom stereocenters. The molecular weight excluding hydrogens is 214 g/mol. The Labute approximate surface area is 101 Å². The van der Waals surface area contributed by atoms with Crippen molar-refractivity contribution in [2.24, 2.45) is 0 Å². The highest BCUT2D eigenvalue weighted by molar-refractivity contribution is 5.43. The van der Waals surface area contributed by atoms with E-state index in [1.807, 2.05) is 24.4 Å². The summed E-state index contributed by atoms with van der Waals surface area (Å²) in [5, 5.41) is 3.30. The van der Waals surface area contributed by atoms with Gasteiger partial charge in [-0.2, -0.15) is 0 Å². The molecule has 0 aliphatic rings. The Morgan fingerprint density at radius 1 is 1.24 bits per heavy atom. The number of aryl methyl sites for hydroxylation is 1. The van der Waals surface area contributed by atoms with Crippen LogP contribution >= 0.6 is 0 Å². The first kappa shape index (κ1) is 11.4. The average Bonchev–Trinajstić information content (AvgIpc) is 2.38. The van der Waals surface area contributed by atoms with Crippen molar-refractivity contribution >= 4 is 5.69 Å². The van der Waals surface area contributed by atoms with Crippen molar-refractivity contribution in [3.63, 3.8) is 0 Å². The quantitative estimate of drug-likeness (QED) is 0.874. The second-order valence-electron chi connectivity index (χ2n) is 3.74. The summed E-state index contributed by atoms with van der Waals surface area (Å²) in [6.07, 6.45) is 5.43. The number of hydrogen-bond donors (Lipinski definition) is 1. The van der Waals surface area contributed by atoms with Crippen LogP contribution in [0.15, 0.2) is 36.8 Å². The number of nitrogens with zero attached hydrogens (tertiary/aromatic N) is 2. The lowest BCUT2D eigenvalue weighted by Crippen LogP contribution is -2.02.